The quantitative estimate of drug-likeness (QED) is 0.156. The minimum Gasteiger partial charge on any atom is -0.309 e. The summed E-state index contributed by atoms with van der Waals surface area (Å²) in [6, 6.07) is 93.9. The van der Waals surface area contributed by atoms with Gasteiger partial charge in [0.1, 0.15) is 0 Å². The molecule has 5 nitrogen and oxygen atoms in total. The van der Waals surface area contributed by atoms with Crippen LogP contribution in [0.15, 0.2) is 290 Å². The highest BCUT2D eigenvalue weighted by Gasteiger charge is 2.19. The summed E-state index contributed by atoms with van der Waals surface area (Å²) in [6.45, 7) is 10.3. The molecular formula is C81H58BrN5. The number of halogens is 1. The molecule has 17 rings (SSSR count). The largest absolute Gasteiger partial charge is 0.309 e. The van der Waals surface area contributed by atoms with E-state index in [0.717, 1.165) is 82.2 Å². The first-order valence-corrected chi connectivity index (χ1v) is 30.3. The number of nitrogens with zero attached hydrogens (tertiary/aromatic N) is 5. The molecule has 0 N–H and O–H groups in total. The lowest BCUT2D eigenvalue weighted by molar-refractivity contribution is 1.13. The van der Waals surface area contributed by atoms with E-state index in [2.05, 4.69) is 298 Å². The van der Waals surface area contributed by atoms with Crippen LogP contribution < -0.4 is 5.22 Å². The SMILES string of the molecule is Brc1cc(-c2ccc3c(c2)c2ccccc2n3-c2cccc(-n3c4ccccc4c4ccccc43)c2)cc(-c2ccc3c(c2)c2ccccc2n3-c2cnc3cc(-c4ccccc4)cnc3c2)c1.C/C=C\C.C=c1ccc2cccc3ccc(C)c1c32. The van der Waals surface area contributed by atoms with Gasteiger partial charge in [0.25, 0.3) is 0 Å². The zero-order chi connectivity index (χ0) is 58.7. The summed E-state index contributed by atoms with van der Waals surface area (Å²) in [5.74, 6) is 0. The molecule has 5 heterocycles. The van der Waals surface area contributed by atoms with Crippen LogP contribution in [0.1, 0.15) is 19.4 Å². The summed E-state index contributed by atoms with van der Waals surface area (Å²) >= 11 is 3.92. The Bertz CT molecular complexity index is 5540. The van der Waals surface area contributed by atoms with Gasteiger partial charge in [-0.25, -0.2) is 0 Å². The van der Waals surface area contributed by atoms with Gasteiger partial charge in [-0.05, 0) is 178 Å². The lowest BCUT2D eigenvalue weighted by Crippen LogP contribution is -2.00. The van der Waals surface area contributed by atoms with Gasteiger partial charge in [-0.3, -0.25) is 9.97 Å². The first-order valence-electron chi connectivity index (χ1n) is 29.6. The Hall–Kier alpha value is -10.7. The Morgan fingerprint density at radius 3 is 1.34 bits per heavy atom. The molecule has 0 radical (unpaired) electrons. The first-order chi connectivity index (χ1) is 42.8. The molecule has 0 aliphatic rings. The highest BCUT2D eigenvalue weighted by molar-refractivity contribution is 9.10. The lowest BCUT2D eigenvalue weighted by Gasteiger charge is -2.13. The van der Waals surface area contributed by atoms with Gasteiger partial charge in [0.15, 0.2) is 0 Å². The molecule has 5 aromatic heterocycles. The number of hydrogen-bond donors (Lipinski definition) is 0. The van der Waals surface area contributed by atoms with Crippen LogP contribution in [0.4, 0.5) is 0 Å². The number of rotatable bonds is 6. The molecule has 0 aliphatic heterocycles. The highest BCUT2D eigenvalue weighted by atomic mass is 79.9. The van der Waals surface area contributed by atoms with Gasteiger partial charge in [-0.1, -0.05) is 198 Å². The highest BCUT2D eigenvalue weighted by Crippen LogP contribution is 2.41. The number of allylic oxidation sites excluding steroid dienone is 2. The minimum absolute atomic E-state index is 0.860. The second kappa shape index (κ2) is 22.1. The summed E-state index contributed by atoms with van der Waals surface area (Å²) in [4.78, 5) is 9.82. The molecule has 0 aliphatic carbocycles. The van der Waals surface area contributed by atoms with Gasteiger partial charge in [0, 0.05) is 59.9 Å². The van der Waals surface area contributed by atoms with Crippen LogP contribution in [0, 0.1) is 6.92 Å². The normalized spacial score (nSPS) is 11.7. The van der Waals surface area contributed by atoms with E-state index in [1.165, 1.54) is 81.5 Å². The molecule has 0 saturated carbocycles. The summed E-state index contributed by atoms with van der Waals surface area (Å²) in [6.07, 6.45) is 7.91. The first kappa shape index (κ1) is 53.1. The molecule has 0 fully saturated rings. The van der Waals surface area contributed by atoms with E-state index < -0.39 is 0 Å². The number of aromatic nitrogens is 5. The number of hydrogen-bond acceptors (Lipinski definition) is 2. The molecule has 0 spiro atoms. The fourth-order valence-electron chi connectivity index (χ4n) is 13.0. The van der Waals surface area contributed by atoms with Crippen molar-refractivity contribution in [3.8, 4) is 50.4 Å². The Morgan fingerprint density at radius 2 is 0.793 bits per heavy atom. The lowest BCUT2D eigenvalue weighted by atomic mass is 9.96. The fourth-order valence-corrected chi connectivity index (χ4v) is 13.5. The number of benzene rings is 12. The summed E-state index contributed by atoms with van der Waals surface area (Å²) in [5.41, 5.74) is 20.0. The Morgan fingerprint density at radius 1 is 0.333 bits per heavy atom. The van der Waals surface area contributed by atoms with Gasteiger partial charge in [-0.15, -0.1) is 0 Å². The maximum Gasteiger partial charge on any atom is 0.0908 e. The molecular weight excluding hydrogens is 1120 g/mol. The van der Waals surface area contributed by atoms with Crippen LogP contribution in [0.3, 0.4) is 0 Å². The molecule has 0 amide bonds. The third-order valence-corrected chi connectivity index (χ3v) is 17.6. The van der Waals surface area contributed by atoms with E-state index in [1.54, 1.807) is 0 Å². The molecule has 87 heavy (non-hydrogen) atoms. The van der Waals surface area contributed by atoms with Crippen LogP contribution in [-0.2, 0) is 0 Å². The van der Waals surface area contributed by atoms with Crippen LogP contribution in [0.25, 0.3) is 155 Å². The Labute approximate surface area is 512 Å². The average molecular weight is 1180 g/mol. The van der Waals surface area contributed by atoms with Crippen LogP contribution in [0.2, 0.25) is 0 Å². The van der Waals surface area contributed by atoms with Crippen molar-refractivity contribution in [3.05, 3.63) is 301 Å². The summed E-state index contributed by atoms with van der Waals surface area (Å²) in [5, 5.41) is 13.7. The van der Waals surface area contributed by atoms with E-state index >= 15 is 0 Å². The van der Waals surface area contributed by atoms with Crippen LogP contribution in [0.5, 0.6) is 0 Å². The predicted octanol–water partition coefficient (Wildman–Crippen LogP) is 21.7. The van der Waals surface area contributed by atoms with Gasteiger partial charge in [0.2, 0.25) is 0 Å². The second-order valence-corrected chi connectivity index (χ2v) is 23.3. The van der Waals surface area contributed by atoms with E-state index in [0.29, 0.717) is 0 Å². The van der Waals surface area contributed by atoms with E-state index in [-0.39, 0.29) is 0 Å². The molecule has 17 aromatic rings. The summed E-state index contributed by atoms with van der Waals surface area (Å²) < 4.78 is 8.15. The zero-order valence-corrected chi connectivity index (χ0v) is 50.0. The van der Waals surface area contributed by atoms with Crippen molar-refractivity contribution >= 4 is 121 Å². The molecule has 0 atom stereocenters. The Balaban J connectivity index is 0.000000286. The van der Waals surface area contributed by atoms with Gasteiger partial charge in [0.05, 0.1) is 56.0 Å². The monoisotopic (exact) mass is 1180 g/mol. The van der Waals surface area contributed by atoms with Crippen molar-refractivity contribution in [3.63, 3.8) is 0 Å². The van der Waals surface area contributed by atoms with Crippen molar-refractivity contribution < 1.29 is 0 Å². The zero-order valence-electron chi connectivity index (χ0n) is 48.5. The molecule has 0 bridgehead atoms. The Kier molecular flexibility index (Phi) is 13.5. The van der Waals surface area contributed by atoms with E-state index in [1.807, 2.05) is 44.5 Å². The standard InChI is InChI=1S/C62H38BrN5.C15H12.C4H8/c63-45-30-42(29-43(31-45)41-26-28-62-54(33-41)52-20-7-11-24-60(52)68(62)48-36-56-55(65-38-48)34-44(37-64-56)39-13-2-1-3-14-39)40-25-27-61-53(32-40)51-19-6-10-23-59(51)67(61)47-16-12-15-46(35-47)66-57-21-8-4-17-49(57)50-18-5-9-22-58(50)66;1-10-6-8-12-4-3-5-13-9-7-11(2)14(10)15(12)13;1-3-4-2/h1-38H;3-9H,1H2,2H3;3-4H,1-2H3/b;;4-3-. The van der Waals surface area contributed by atoms with Gasteiger partial charge in [-0.2, -0.15) is 0 Å². The maximum atomic E-state index is 4.94. The second-order valence-electron chi connectivity index (χ2n) is 22.3. The number of para-hydroxylation sites is 4. The molecule has 6 heteroatoms. The number of aryl methyl sites for hydroxylation is 1. The molecule has 0 saturated heterocycles. The van der Waals surface area contributed by atoms with E-state index in [4.69, 9.17) is 9.97 Å². The van der Waals surface area contributed by atoms with Crippen molar-refractivity contribution in [1.29, 1.82) is 0 Å². The van der Waals surface area contributed by atoms with Crippen molar-refractivity contribution in [2.45, 2.75) is 20.8 Å². The number of pyridine rings is 2. The fraction of sp³-hybridized carbons (Fsp3) is 0.0370. The molecule has 414 valence electrons. The van der Waals surface area contributed by atoms with Crippen molar-refractivity contribution in [2.75, 3.05) is 0 Å². The number of fused-ring (bicyclic) bond motifs is 10. The summed E-state index contributed by atoms with van der Waals surface area (Å²) in [7, 11) is 0. The van der Waals surface area contributed by atoms with Crippen molar-refractivity contribution in [2.24, 2.45) is 0 Å². The van der Waals surface area contributed by atoms with Crippen LogP contribution in [-0.4, -0.2) is 23.7 Å². The minimum atomic E-state index is 0.860. The molecule has 12 aromatic carbocycles. The van der Waals surface area contributed by atoms with Gasteiger partial charge < -0.3 is 13.7 Å². The average Bonchev–Trinajstić information content (AvgIpc) is 2.97. The molecule has 0 unspecified atom stereocenters. The third-order valence-electron chi connectivity index (χ3n) is 17.1. The topological polar surface area (TPSA) is 40.6 Å². The predicted molar refractivity (Wildman–Crippen MR) is 374 cm³/mol. The van der Waals surface area contributed by atoms with E-state index in [9.17, 15) is 0 Å². The van der Waals surface area contributed by atoms with Gasteiger partial charge >= 0.3 is 0 Å². The smallest absolute Gasteiger partial charge is 0.0908 e. The third kappa shape index (κ3) is 9.34. The maximum absolute atomic E-state index is 4.94. The van der Waals surface area contributed by atoms with Crippen LogP contribution >= 0.6 is 15.9 Å². The van der Waals surface area contributed by atoms with Crippen molar-refractivity contribution in [1.82, 2.24) is 23.7 Å².